The van der Waals surface area contributed by atoms with Crippen LogP contribution in [0.5, 0.6) is 0 Å². The number of halogens is 1. The summed E-state index contributed by atoms with van der Waals surface area (Å²) < 4.78 is 30.1. The van der Waals surface area contributed by atoms with E-state index in [1.165, 1.54) is 4.31 Å². The highest BCUT2D eigenvalue weighted by atomic mass is 79.9. The summed E-state index contributed by atoms with van der Waals surface area (Å²) in [5.41, 5.74) is 1.99. The van der Waals surface area contributed by atoms with E-state index in [1.807, 2.05) is 31.4 Å². The number of rotatable bonds is 4. The lowest BCUT2D eigenvalue weighted by Crippen LogP contribution is -2.49. The van der Waals surface area contributed by atoms with Crippen molar-refractivity contribution in [2.75, 3.05) is 31.1 Å². The lowest BCUT2D eigenvalue weighted by Gasteiger charge is -2.35. The number of hydrogen-bond donors (Lipinski definition) is 0. The Morgan fingerprint density at radius 1 is 0.967 bits per heavy atom. The van der Waals surface area contributed by atoms with Crippen molar-refractivity contribution in [3.63, 3.8) is 0 Å². The molecule has 0 radical (unpaired) electrons. The van der Waals surface area contributed by atoms with E-state index in [9.17, 15) is 8.42 Å². The van der Waals surface area contributed by atoms with Crippen molar-refractivity contribution in [2.24, 2.45) is 0 Å². The molecule has 1 aliphatic heterocycles. The van der Waals surface area contributed by atoms with Crippen molar-refractivity contribution < 1.29 is 8.42 Å². The first-order valence-corrected chi connectivity index (χ1v) is 11.9. The number of anilines is 1. The molecule has 0 unspecified atom stereocenters. The van der Waals surface area contributed by atoms with Gasteiger partial charge in [0.15, 0.2) is 0 Å². The van der Waals surface area contributed by atoms with Gasteiger partial charge in [-0.2, -0.15) is 4.31 Å². The normalized spacial score (nSPS) is 15.5. The van der Waals surface area contributed by atoms with Crippen LogP contribution in [0.4, 0.5) is 5.82 Å². The number of hydrogen-bond acceptors (Lipinski definition) is 6. The largest absolute Gasteiger partial charge is 0.354 e. The third-order valence-corrected chi connectivity index (χ3v) is 8.24. The highest BCUT2D eigenvalue weighted by molar-refractivity contribution is 9.10. The van der Waals surface area contributed by atoms with Crippen LogP contribution in [0, 0.1) is 20.8 Å². The second-order valence-corrected chi connectivity index (χ2v) is 10.00. The van der Waals surface area contributed by atoms with Crippen LogP contribution in [0.3, 0.4) is 0 Å². The lowest BCUT2D eigenvalue weighted by atomic mass is 10.3. The Morgan fingerprint density at radius 2 is 1.63 bits per heavy atom. The second-order valence-electron chi connectivity index (χ2n) is 7.24. The molecule has 0 amide bonds. The number of piperazine rings is 1. The van der Waals surface area contributed by atoms with E-state index in [0.29, 0.717) is 41.4 Å². The van der Waals surface area contributed by atoms with Gasteiger partial charge in [-0.15, -0.1) is 0 Å². The second kappa shape index (κ2) is 8.09. The van der Waals surface area contributed by atoms with E-state index in [-0.39, 0.29) is 0 Å². The minimum Gasteiger partial charge on any atom is -0.354 e. The van der Waals surface area contributed by atoms with E-state index in [1.54, 1.807) is 30.6 Å². The summed E-state index contributed by atoms with van der Waals surface area (Å²) in [6.07, 6.45) is 1.76. The Labute approximate surface area is 184 Å². The first-order valence-electron chi connectivity index (χ1n) is 9.63. The Kier molecular flexibility index (Phi) is 5.65. The quantitative estimate of drug-likeness (QED) is 0.558. The molecular formula is C20H23BrN6O2S. The fraction of sp³-hybridized carbons (Fsp3) is 0.350. The fourth-order valence-corrected chi connectivity index (χ4v) is 5.89. The van der Waals surface area contributed by atoms with Gasteiger partial charge in [-0.25, -0.2) is 23.4 Å². The first-order chi connectivity index (χ1) is 14.3. The molecule has 1 saturated heterocycles. The van der Waals surface area contributed by atoms with Crippen LogP contribution in [0.25, 0.3) is 5.82 Å². The molecule has 0 N–H and O–H groups in total. The van der Waals surface area contributed by atoms with Gasteiger partial charge in [0.05, 0.1) is 10.6 Å². The molecule has 8 nitrogen and oxygen atoms in total. The molecule has 0 atom stereocenters. The van der Waals surface area contributed by atoms with Gasteiger partial charge < -0.3 is 4.90 Å². The number of aromatic nitrogens is 4. The summed E-state index contributed by atoms with van der Waals surface area (Å²) in [6, 6.07) is 8.84. The molecule has 0 aliphatic carbocycles. The number of imidazole rings is 1. The van der Waals surface area contributed by atoms with Gasteiger partial charge in [-0.05, 0) is 48.8 Å². The highest BCUT2D eigenvalue weighted by Gasteiger charge is 2.30. The monoisotopic (exact) mass is 490 g/mol. The molecule has 0 bridgehead atoms. The number of nitrogens with zero attached hydrogens (tertiary/aromatic N) is 6. The maximum Gasteiger partial charge on any atom is 0.244 e. The van der Waals surface area contributed by atoms with Crippen molar-refractivity contribution in [2.45, 2.75) is 25.7 Å². The molecule has 1 aromatic carbocycles. The van der Waals surface area contributed by atoms with E-state index >= 15 is 0 Å². The van der Waals surface area contributed by atoms with E-state index in [0.717, 1.165) is 23.0 Å². The number of sulfonamides is 1. The maximum atomic E-state index is 13.0. The topological polar surface area (TPSA) is 84.2 Å². The molecule has 3 aromatic rings. The SMILES string of the molecule is Cc1nc(N2CCN(S(=O)(=O)c3ccccc3Br)CC2)cc(-n2cnc(C)c2C)n1. The molecular weight excluding hydrogens is 468 g/mol. The molecule has 2 aromatic heterocycles. The molecule has 0 saturated carbocycles. The average Bonchev–Trinajstić information content (AvgIpc) is 3.06. The van der Waals surface area contributed by atoms with Gasteiger partial charge >= 0.3 is 0 Å². The van der Waals surface area contributed by atoms with Crippen LogP contribution in [0.2, 0.25) is 0 Å². The third-order valence-electron chi connectivity index (χ3n) is 5.33. The molecule has 1 fully saturated rings. The van der Waals surface area contributed by atoms with Crippen molar-refractivity contribution in [3.8, 4) is 5.82 Å². The molecule has 30 heavy (non-hydrogen) atoms. The van der Waals surface area contributed by atoms with Gasteiger partial charge in [0.2, 0.25) is 10.0 Å². The summed E-state index contributed by atoms with van der Waals surface area (Å²) in [4.78, 5) is 15.9. The Bertz CT molecular complexity index is 1190. The number of aryl methyl sites for hydroxylation is 2. The van der Waals surface area contributed by atoms with Crippen LogP contribution in [0.15, 0.2) is 46.0 Å². The molecule has 4 rings (SSSR count). The molecule has 0 spiro atoms. The first kappa shape index (κ1) is 21.0. The zero-order valence-corrected chi connectivity index (χ0v) is 19.5. The molecule has 10 heteroatoms. The highest BCUT2D eigenvalue weighted by Crippen LogP contribution is 2.26. The lowest BCUT2D eigenvalue weighted by molar-refractivity contribution is 0.383. The van der Waals surface area contributed by atoms with Crippen LogP contribution in [0.1, 0.15) is 17.2 Å². The van der Waals surface area contributed by atoms with E-state index in [4.69, 9.17) is 0 Å². The van der Waals surface area contributed by atoms with Gasteiger partial charge in [-0.3, -0.25) is 4.57 Å². The Balaban J connectivity index is 1.55. The minimum absolute atomic E-state index is 0.296. The summed E-state index contributed by atoms with van der Waals surface area (Å²) >= 11 is 3.35. The predicted molar refractivity (Wildman–Crippen MR) is 118 cm³/mol. The van der Waals surface area contributed by atoms with E-state index in [2.05, 4.69) is 35.8 Å². The summed E-state index contributed by atoms with van der Waals surface area (Å²) in [5.74, 6) is 2.22. The Hall–Kier alpha value is -2.30. The molecule has 158 valence electrons. The predicted octanol–water partition coefficient (Wildman–Crippen LogP) is 2.86. The smallest absolute Gasteiger partial charge is 0.244 e. The maximum absolute atomic E-state index is 13.0. The molecule has 1 aliphatic rings. The minimum atomic E-state index is -3.55. The summed E-state index contributed by atoms with van der Waals surface area (Å²) in [6.45, 7) is 7.73. The van der Waals surface area contributed by atoms with Gasteiger partial charge in [0.25, 0.3) is 0 Å². The standard InChI is InChI=1S/C20H23BrN6O2S/c1-14-15(2)27(13-22-14)20-12-19(23-16(3)24-20)25-8-10-26(11-9-25)30(28,29)18-7-5-4-6-17(18)21/h4-7,12-13H,8-11H2,1-3H3. The summed E-state index contributed by atoms with van der Waals surface area (Å²) in [5, 5.41) is 0. The average molecular weight is 491 g/mol. The van der Waals surface area contributed by atoms with Crippen LogP contribution < -0.4 is 4.90 Å². The van der Waals surface area contributed by atoms with Crippen LogP contribution in [-0.2, 0) is 10.0 Å². The zero-order chi connectivity index (χ0) is 21.5. The van der Waals surface area contributed by atoms with Crippen molar-refractivity contribution in [1.29, 1.82) is 0 Å². The fourth-order valence-electron chi connectivity index (χ4n) is 3.50. The van der Waals surface area contributed by atoms with Gasteiger partial charge in [0.1, 0.15) is 23.8 Å². The summed E-state index contributed by atoms with van der Waals surface area (Å²) in [7, 11) is -3.55. The Morgan fingerprint density at radius 3 is 2.27 bits per heavy atom. The number of benzene rings is 1. The third kappa shape index (κ3) is 3.86. The molecule has 3 heterocycles. The van der Waals surface area contributed by atoms with Crippen molar-refractivity contribution in [1.82, 2.24) is 23.8 Å². The van der Waals surface area contributed by atoms with Gasteiger partial charge in [-0.1, -0.05) is 12.1 Å². The zero-order valence-electron chi connectivity index (χ0n) is 17.1. The van der Waals surface area contributed by atoms with Crippen LogP contribution in [-0.4, -0.2) is 58.4 Å². The van der Waals surface area contributed by atoms with Gasteiger partial charge in [0, 0.05) is 42.4 Å². The van der Waals surface area contributed by atoms with Crippen molar-refractivity contribution in [3.05, 3.63) is 58.3 Å². The van der Waals surface area contributed by atoms with Crippen molar-refractivity contribution >= 4 is 31.8 Å². The van der Waals surface area contributed by atoms with Crippen LogP contribution >= 0.6 is 15.9 Å². The van der Waals surface area contributed by atoms with E-state index < -0.39 is 10.0 Å².